The quantitative estimate of drug-likeness (QED) is 0.448. The number of rotatable bonds is 5. The van der Waals surface area contributed by atoms with Gasteiger partial charge in [0.05, 0.1) is 5.69 Å². The molecule has 0 bridgehead atoms. The maximum Gasteiger partial charge on any atom is 0.263 e. The Balaban J connectivity index is 1.37. The molecule has 1 saturated heterocycles. The van der Waals surface area contributed by atoms with Crippen LogP contribution in [0.15, 0.2) is 68.3 Å². The molecule has 0 aliphatic carbocycles. The summed E-state index contributed by atoms with van der Waals surface area (Å²) in [7, 11) is 0. The van der Waals surface area contributed by atoms with Crippen molar-refractivity contribution < 1.29 is 14.1 Å². The summed E-state index contributed by atoms with van der Waals surface area (Å²) in [6, 6.07) is 13.3. The van der Waals surface area contributed by atoms with E-state index in [4.69, 9.17) is 4.52 Å². The first-order valence-electron chi connectivity index (χ1n) is 9.64. The van der Waals surface area contributed by atoms with Gasteiger partial charge in [-0.05, 0) is 36.9 Å². The summed E-state index contributed by atoms with van der Waals surface area (Å²) >= 11 is 1.54. The van der Waals surface area contributed by atoms with E-state index in [1.807, 2.05) is 55.6 Å². The summed E-state index contributed by atoms with van der Waals surface area (Å²) in [4.78, 5) is 32.6. The number of imide groups is 1. The molecule has 0 radical (unpaired) electrons. The van der Waals surface area contributed by atoms with E-state index in [-0.39, 0.29) is 18.4 Å². The Morgan fingerprint density at radius 2 is 1.94 bits per heavy atom. The molecule has 0 unspecified atom stereocenters. The normalized spacial score (nSPS) is 20.1. The molecule has 3 aromatic rings. The van der Waals surface area contributed by atoms with Crippen LogP contribution in [0.4, 0.5) is 5.69 Å². The summed E-state index contributed by atoms with van der Waals surface area (Å²) in [5.74, 6) is 0.00794. The molecule has 0 saturated carbocycles. The monoisotopic (exact) mass is 434 g/mol. The average Bonchev–Trinajstić information content (AvgIpc) is 3.47. The van der Waals surface area contributed by atoms with Gasteiger partial charge in [-0.1, -0.05) is 40.7 Å². The van der Waals surface area contributed by atoms with Crippen molar-refractivity contribution in [2.45, 2.75) is 30.4 Å². The van der Waals surface area contributed by atoms with Gasteiger partial charge in [0.1, 0.15) is 6.54 Å². The van der Waals surface area contributed by atoms with Crippen molar-refractivity contribution in [1.82, 2.24) is 15.1 Å². The maximum absolute atomic E-state index is 13.1. The molecule has 0 spiro atoms. The fraction of sp³-hybridized carbons (Fsp3) is 0.238. The first-order chi connectivity index (χ1) is 15.1. The molecule has 1 aromatic heterocycles. The molecule has 3 heterocycles. The van der Waals surface area contributed by atoms with Crippen molar-refractivity contribution in [1.29, 1.82) is 0 Å². The number of carbonyl (C=O) groups is 2. The first kappa shape index (κ1) is 19.4. The topological polar surface area (TPSA) is 104 Å². The van der Waals surface area contributed by atoms with E-state index >= 15 is 0 Å². The van der Waals surface area contributed by atoms with Crippen LogP contribution in [0.2, 0.25) is 0 Å². The van der Waals surface area contributed by atoms with Gasteiger partial charge in [-0.25, -0.2) is 4.90 Å². The summed E-state index contributed by atoms with van der Waals surface area (Å²) < 4.78 is 5.37. The molecule has 10 heteroatoms. The van der Waals surface area contributed by atoms with Crippen LogP contribution in [0.3, 0.4) is 0 Å². The third kappa shape index (κ3) is 3.28. The highest BCUT2D eigenvalue weighted by Crippen LogP contribution is 2.34. The molecule has 9 nitrogen and oxygen atoms in total. The zero-order valence-corrected chi connectivity index (χ0v) is 17.6. The van der Waals surface area contributed by atoms with E-state index in [0.29, 0.717) is 17.4 Å². The first-order valence-corrected chi connectivity index (χ1v) is 10.9. The van der Waals surface area contributed by atoms with Gasteiger partial charge in [0.2, 0.25) is 11.7 Å². The molecule has 2 atom stereocenters. The second kappa shape index (κ2) is 7.62. The van der Waals surface area contributed by atoms with Gasteiger partial charge in [0, 0.05) is 10.5 Å². The molecule has 0 N–H and O–H groups in total. The molecular formula is C21H18N6O3S. The van der Waals surface area contributed by atoms with E-state index in [0.717, 1.165) is 16.0 Å². The molecule has 2 aromatic carbocycles. The number of anilines is 1. The number of aryl methyl sites for hydroxylation is 1. The molecule has 2 aliphatic heterocycles. The lowest BCUT2D eigenvalue weighted by atomic mass is 10.1. The second-order valence-electron chi connectivity index (χ2n) is 7.23. The number of benzene rings is 2. The van der Waals surface area contributed by atoms with Gasteiger partial charge in [0.25, 0.3) is 11.8 Å². The van der Waals surface area contributed by atoms with Crippen molar-refractivity contribution in [2.24, 2.45) is 10.3 Å². The van der Waals surface area contributed by atoms with Crippen LogP contribution in [-0.2, 0) is 16.1 Å². The summed E-state index contributed by atoms with van der Waals surface area (Å²) in [6.07, 6.45) is 1.94. The van der Waals surface area contributed by atoms with Crippen LogP contribution < -0.4 is 4.90 Å². The van der Waals surface area contributed by atoms with E-state index in [9.17, 15) is 9.59 Å². The third-order valence-corrected chi connectivity index (χ3v) is 6.05. The second-order valence-corrected chi connectivity index (χ2v) is 8.11. The van der Waals surface area contributed by atoms with Gasteiger partial charge in [0.15, 0.2) is 12.1 Å². The predicted octanol–water partition coefficient (Wildman–Crippen LogP) is 3.26. The third-order valence-electron chi connectivity index (χ3n) is 5.32. The van der Waals surface area contributed by atoms with Gasteiger partial charge < -0.3 is 4.52 Å². The highest BCUT2D eigenvalue weighted by atomic mass is 32.2. The van der Waals surface area contributed by atoms with Gasteiger partial charge in [-0.3, -0.25) is 14.6 Å². The van der Waals surface area contributed by atoms with Crippen molar-refractivity contribution >= 4 is 29.3 Å². The van der Waals surface area contributed by atoms with Gasteiger partial charge in [-0.2, -0.15) is 10.1 Å². The number of carbonyl (C=O) groups excluding carboxylic acids is 2. The van der Waals surface area contributed by atoms with Crippen LogP contribution in [0.25, 0.3) is 11.4 Å². The molecule has 1 fully saturated rings. The van der Waals surface area contributed by atoms with Crippen LogP contribution in [0, 0.1) is 6.92 Å². The molecule has 156 valence electrons. The lowest BCUT2D eigenvalue weighted by Crippen LogP contribution is -2.39. The summed E-state index contributed by atoms with van der Waals surface area (Å²) in [5.41, 5.74) is 2.42. The van der Waals surface area contributed by atoms with E-state index in [2.05, 4.69) is 20.5 Å². The molecular weight excluding hydrogens is 416 g/mol. The van der Waals surface area contributed by atoms with Crippen LogP contribution in [0.1, 0.15) is 11.5 Å². The minimum Gasteiger partial charge on any atom is -0.337 e. The smallest absolute Gasteiger partial charge is 0.263 e. The number of amides is 2. The van der Waals surface area contributed by atoms with Gasteiger partial charge in [-0.15, -0.1) is 11.8 Å². The zero-order valence-electron chi connectivity index (χ0n) is 16.8. The van der Waals surface area contributed by atoms with E-state index in [1.165, 1.54) is 9.91 Å². The lowest BCUT2D eigenvalue weighted by molar-refractivity contribution is -0.123. The number of thioether (sulfide) groups is 1. The Morgan fingerprint density at radius 1 is 1.10 bits per heavy atom. The Morgan fingerprint density at radius 3 is 2.74 bits per heavy atom. The SMILES string of the molecule is CSc1cccc(N2C(=O)[C@@H]3[C@@H](N=NN3Cc3nc(-c4ccccc4C)no3)C2=O)c1. The summed E-state index contributed by atoms with van der Waals surface area (Å²) in [5, 5.41) is 13.6. The van der Waals surface area contributed by atoms with Crippen LogP contribution >= 0.6 is 11.8 Å². The maximum atomic E-state index is 13.1. The average molecular weight is 434 g/mol. The Labute approximate surface area is 182 Å². The Hall–Kier alpha value is -3.53. The fourth-order valence-corrected chi connectivity index (χ4v) is 4.20. The van der Waals surface area contributed by atoms with Crippen LogP contribution in [0.5, 0.6) is 0 Å². The van der Waals surface area contributed by atoms with Crippen molar-refractivity contribution in [3.63, 3.8) is 0 Å². The molecule has 2 aliphatic rings. The number of nitrogens with zero attached hydrogens (tertiary/aromatic N) is 6. The minimum absolute atomic E-state index is 0.0846. The van der Waals surface area contributed by atoms with Crippen molar-refractivity contribution in [3.8, 4) is 11.4 Å². The molecule has 5 rings (SSSR count). The highest BCUT2D eigenvalue weighted by molar-refractivity contribution is 7.98. The number of hydrogen-bond donors (Lipinski definition) is 0. The Bertz CT molecular complexity index is 1210. The van der Waals surface area contributed by atoms with Crippen molar-refractivity contribution in [3.05, 3.63) is 60.0 Å². The largest absolute Gasteiger partial charge is 0.337 e. The molecule has 31 heavy (non-hydrogen) atoms. The minimum atomic E-state index is -0.871. The van der Waals surface area contributed by atoms with Crippen molar-refractivity contribution in [2.75, 3.05) is 11.2 Å². The van der Waals surface area contributed by atoms with E-state index < -0.39 is 12.1 Å². The number of hydrogen-bond acceptors (Lipinski definition) is 9. The zero-order chi connectivity index (χ0) is 21.5. The van der Waals surface area contributed by atoms with Crippen LogP contribution in [-0.4, -0.2) is 45.3 Å². The predicted molar refractivity (Wildman–Crippen MR) is 113 cm³/mol. The lowest BCUT2D eigenvalue weighted by Gasteiger charge is -2.19. The fourth-order valence-electron chi connectivity index (χ4n) is 3.75. The summed E-state index contributed by atoms with van der Waals surface area (Å²) in [6.45, 7) is 2.05. The van der Waals surface area contributed by atoms with Gasteiger partial charge >= 0.3 is 0 Å². The van der Waals surface area contributed by atoms with E-state index in [1.54, 1.807) is 17.8 Å². The Kier molecular flexibility index (Phi) is 4.78. The molecule has 2 amide bonds. The standard InChI is InChI=1S/C21H18N6O3S/c1-12-6-3-4-9-15(12)19-22-16(30-24-19)11-26-18-17(23-25-26)20(28)27(21(18)29)13-7-5-8-14(10-13)31-2/h3-10,17-18H,11H2,1-2H3/t17-,18+/m1/s1. The number of aromatic nitrogens is 2. The number of fused-ring (bicyclic) bond motifs is 1. The highest BCUT2D eigenvalue weighted by Gasteiger charge is 2.55.